The van der Waals surface area contributed by atoms with Gasteiger partial charge in [0, 0.05) is 17.8 Å². The molecule has 1 aliphatic rings. The van der Waals surface area contributed by atoms with Crippen LogP contribution in [0.25, 0.3) is 0 Å². The molecule has 1 amide bonds. The Labute approximate surface area is 127 Å². The fourth-order valence-corrected chi connectivity index (χ4v) is 2.65. The zero-order valence-corrected chi connectivity index (χ0v) is 12.1. The predicted octanol–water partition coefficient (Wildman–Crippen LogP) is 2.94. The van der Waals surface area contributed by atoms with E-state index in [1.165, 1.54) is 17.7 Å². The molecule has 0 bridgehead atoms. The molecule has 3 rings (SSSR count). The number of halogens is 1. The van der Waals surface area contributed by atoms with Crippen molar-refractivity contribution in [3.05, 3.63) is 58.1 Å². The molecular weight excluding hydrogens is 288 g/mol. The van der Waals surface area contributed by atoms with Gasteiger partial charge in [-0.05, 0) is 48.4 Å². The first kappa shape index (κ1) is 13.9. The van der Waals surface area contributed by atoms with E-state index in [4.69, 9.17) is 11.6 Å². The summed E-state index contributed by atoms with van der Waals surface area (Å²) in [6.07, 6.45) is 0.962. The summed E-state index contributed by atoms with van der Waals surface area (Å²) in [5, 5.41) is 15.8. The number of hydrogen-bond donors (Lipinski definition) is 3. The molecule has 108 valence electrons. The van der Waals surface area contributed by atoms with Gasteiger partial charge in [-0.3, -0.25) is 4.79 Å². The van der Waals surface area contributed by atoms with Gasteiger partial charge < -0.3 is 15.7 Å². The number of fused-ring (bicyclic) bond motifs is 1. The molecule has 2 aromatic carbocycles. The maximum Gasteiger partial charge on any atom is 0.255 e. The highest BCUT2D eigenvalue weighted by molar-refractivity contribution is 6.32. The summed E-state index contributed by atoms with van der Waals surface area (Å²) in [5.74, 6) is -0.273. The largest absolute Gasteiger partial charge is 0.506 e. The van der Waals surface area contributed by atoms with Crippen LogP contribution in [0.5, 0.6) is 5.75 Å². The van der Waals surface area contributed by atoms with Crippen LogP contribution in [0, 0.1) is 0 Å². The number of rotatable bonds is 2. The summed E-state index contributed by atoms with van der Waals surface area (Å²) in [6.45, 7) is 1.71. The molecule has 3 N–H and O–H groups in total. The van der Waals surface area contributed by atoms with Gasteiger partial charge in [-0.25, -0.2) is 0 Å². The molecule has 4 nitrogen and oxygen atoms in total. The van der Waals surface area contributed by atoms with E-state index in [1.54, 1.807) is 6.07 Å². The molecular formula is C16H15ClN2O2. The van der Waals surface area contributed by atoms with Crippen molar-refractivity contribution >= 4 is 23.2 Å². The summed E-state index contributed by atoms with van der Waals surface area (Å²) in [6, 6.07) is 10.3. The van der Waals surface area contributed by atoms with E-state index < -0.39 is 0 Å². The van der Waals surface area contributed by atoms with Crippen LogP contribution >= 0.6 is 11.6 Å². The Morgan fingerprint density at radius 1 is 1.29 bits per heavy atom. The number of hydrogen-bond acceptors (Lipinski definition) is 3. The molecule has 0 unspecified atom stereocenters. The van der Waals surface area contributed by atoms with Gasteiger partial charge in [0.05, 0.1) is 5.02 Å². The highest BCUT2D eigenvalue weighted by atomic mass is 35.5. The lowest BCUT2D eigenvalue weighted by Crippen LogP contribution is -2.25. The van der Waals surface area contributed by atoms with Gasteiger partial charge in [0.25, 0.3) is 5.91 Å². The molecule has 2 aromatic rings. The van der Waals surface area contributed by atoms with Crippen LogP contribution in [-0.4, -0.2) is 17.6 Å². The molecule has 21 heavy (non-hydrogen) atoms. The molecule has 0 atom stereocenters. The van der Waals surface area contributed by atoms with E-state index in [9.17, 15) is 9.90 Å². The third-order valence-corrected chi connectivity index (χ3v) is 3.91. The van der Waals surface area contributed by atoms with Gasteiger partial charge in [-0.15, -0.1) is 0 Å². The van der Waals surface area contributed by atoms with Crippen LogP contribution in [-0.2, 0) is 13.0 Å². The van der Waals surface area contributed by atoms with Crippen LogP contribution in [0.4, 0.5) is 5.69 Å². The zero-order valence-electron chi connectivity index (χ0n) is 11.3. The van der Waals surface area contributed by atoms with Crippen molar-refractivity contribution in [2.24, 2.45) is 0 Å². The summed E-state index contributed by atoms with van der Waals surface area (Å²) >= 11 is 5.84. The molecule has 0 radical (unpaired) electrons. The van der Waals surface area contributed by atoms with Crippen molar-refractivity contribution in [3.63, 3.8) is 0 Å². The topological polar surface area (TPSA) is 61.4 Å². The molecule has 5 heteroatoms. The Balaban J connectivity index is 1.86. The van der Waals surface area contributed by atoms with Crippen molar-refractivity contribution in [2.75, 3.05) is 11.9 Å². The van der Waals surface area contributed by atoms with E-state index in [0.717, 1.165) is 30.8 Å². The molecule has 0 saturated carbocycles. The second-order valence-electron chi connectivity index (χ2n) is 4.99. The minimum Gasteiger partial charge on any atom is -0.506 e. The summed E-state index contributed by atoms with van der Waals surface area (Å²) in [7, 11) is 0. The van der Waals surface area contributed by atoms with E-state index >= 15 is 0 Å². The van der Waals surface area contributed by atoms with Crippen molar-refractivity contribution in [1.29, 1.82) is 0 Å². The van der Waals surface area contributed by atoms with Crippen molar-refractivity contribution < 1.29 is 9.90 Å². The van der Waals surface area contributed by atoms with Crippen LogP contribution in [0.3, 0.4) is 0 Å². The summed E-state index contributed by atoms with van der Waals surface area (Å²) in [4.78, 5) is 12.3. The third kappa shape index (κ3) is 2.86. The number of amides is 1. The average Bonchev–Trinajstić information content (AvgIpc) is 2.50. The number of nitrogens with one attached hydrogen (secondary N) is 2. The van der Waals surface area contributed by atoms with Crippen molar-refractivity contribution in [2.45, 2.75) is 13.0 Å². The molecule has 0 spiro atoms. The zero-order chi connectivity index (χ0) is 14.8. The Hall–Kier alpha value is -2.04. The first-order valence-electron chi connectivity index (χ1n) is 6.76. The lowest BCUT2D eigenvalue weighted by Gasteiger charge is -2.20. The Bertz CT molecular complexity index is 701. The Morgan fingerprint density at radius 3 is 2.95 bits per heavy atom. The lowest BCUT2D eigenvalue weighted by atomic mass is 9.99. The van der Waals surface area contributed by atoms with E-state index in [2.05, 4.69) is 16.7 Å². The number of carbonyl (C=O) groups excluding carboxylic acids is 1. The van der Waals surface area contributed by atoms with Crippen LogP contribution in [0.15, 0.2) is 36.4 Å². The average molecular weight is 303 g/mol. The van der Waals surface area contributed by atoms with E-state index in [0.29, 0.717) is 5.56 Å². The maximum atomic E-state index is 12.3. The van der Waals surface area contributed by atoms with Crippen molar-refractivity contribution in [1.82, 2.24) is 5.32 Å². The molecule has 0 saturated heterocycles. The van der Waals surface area contributed by atoms with Gasteiger partial charge in [0.2, 0.25) is 0 Å². The van der Waals surface area contributed by atoms with Crippen LogP contribution in [0.2, 0.25) is 5.02 Å². The minimum absolute atomic E-state index is 0.0329. The SMILES string of the molecule is O=C(Nc1cccc2c1CNCC2)c1ccc(O)c(Cl)c1. The maximum absolute atomic E-state index is 12.3. The fourth-order valence-electron chi connectivity index (χ4n) is 2.47. The Morgan fingerprint density at radius 2 is 2.14 bits per heavy atom. The monoisotopic (exact) mass is 302 g/mol. The summed E-state index contributed by atoms with van der Waals surface area (Å²) < 4.78 is 0. The smallest absolute Gasteiger partial charge is 0.255 e. The van der Waals surface area contributed by atoms with E-state index in [1.807, 2.05) is 12.1 Å². The number of phenols is 1. The lowest BCUT2D eigenvalue weighted by molar-refractivity contribution is 0.102. The van der Waals surface area contributed by atoms with Gasteiger partial charge in [-0.1, -0.05) is 23.7 Å². The number of carbonyl (C=O) groups is 1. The quantitative estimate of drug-likeness (QED) is 0.799. The van der Waals surface area contributed by atoms with Crippen molar-refractivity contribution in [3.8, 4) is 5.75 Å². The van der Waals surface area contributed by atoms with Gasteiger partial charge >= 0.3 is 0 Å². The normalized spacial score (nSPS) is 13.6. The van der Waals surface area contributed by atoms with Crippen LogP contribution in [0.1, 0.15) is 21.5 Å². The van der Waals surface area contributed by atoms with Crippen LogP contribution < -0.4 is 10.6 Å². The third-order valence-electron chi connectivity index (χ3n) is 3.60. The number of phenolic OH excluding ortho intramolecular Hbond substituents is 1. The predicted molar refractivity (Wildman–Crippen MR) is 82.9 cm³/mol. The van der Waals surface area contributed by atoms with Gasteiger partial charge in [0.15, 0.2) is 0 Å². The first-order valence-corrected chi connectivity index (χ1v) is 7.14. The minimum atomic E-state index is -0.240. The molecule has 0 aliphatic carbocycles. The highest BCUT2D eigenvalue weighted by Gasteiger charge is 2.15. The number of benzene rings is 2. The van der Waals surface area contributed by atoms with Gasteiger partial charge in [-0.2, -0.15) is 0 Å². The molecule has 0 fully saturated rings. The second kappa shape index (κ2) is 5.76. The second-order valence-corrected chi connectivity index (χ2v) is 5.40. The fraction of sp³-hybridized carbons (Fsp3) is 0.188. The molecule has 1 aliphatic heterocycles. The standard InChI is InChI=1S/C16H15ClN2O2/c17-13-8-11(4-5-15(13)20)16(21)19-14-3-1-2-10-6-7-18-9-12(10)14/h1-5,8,18,20H,6-7,9H2,(H,19,21). The molecule has 1 heterocycles. The first-order chi connectivity index (χ1) is 10.1. The molecule has 0 aromatic heterocycles. The number of aromatic hydroxyl groups is 1. The highest BCUT2D eigenvalue weighted by Crippen LogP contribution is 2.26. The summed E-state index contributed by atoms with van der Waals surface area (Å²) in [5.41, 5.74) is 3.62. The number of anilines is 1. The van der Waals surface area contributed by atoms with Gasteiger partial charge in [0.1, 0.15) is 5.75 Å². The van der Waals surface area contributed by atoms with E-state index in [-0.39, 0.29) is 16.7 Å². The Kier molecular flexibility index (Phi) is 3.82.